The maximum absolute atomic E-state index is 13.6. The number of rotatable bonds is 3. The predicted molar refractivity (Wildman–Crippen MR) is 67.6 cm³/mol. The molecule has 20 heavy (non-hydrogen) atoms. The summed E-state index contributed by atoms with van der Waals surface area (Å²) in [5, 5.41) is 2.28. The Hall–Kier alpha value is -2.37. The Balaban J connectivity index is 2.24. The zero-order valence-electron chi connectivity index (χ0n) is 10.5. The summed E-state index contributed by atoms with van der Waals surface area (Å²) in [7, 11) is 0. The largest absolute Gasteiger partial charge is 0.323 e. The summed E-state index contributed by atoms with van der Waals surface area (Å²) in [6, 6.07) is 4.60. The lowest BCUT2D eigenvalue weighted by molar-refractivity contribution is -0.117. The van der Waals surface area contributed by atoms with Crippen LogP contribution in [0.25, 0.3) is 0 Å². The molecule has 1 heterocycles. The van der Waals surface area contributed by atoms with Gasteiger partial charge >= 0.3 is 0 Å². The minimum atomic E-state index is -1.09. The number of anilines is 1. The SMILES string of the molecule is C[C@H](C(=O)Nc1ccncc1F)c1c(F)cccc1F. The van der Waals surface area contributed by atoms with Crippen LogP contribution in [-0.2, 0) is 4.79 Å². The Kier molecular flexibility index (Phi) is 4.02. The van der Waals surface area contributed by atoms with E-state index in [0.29, 0.717) is 0 Å². The second kappa shape index (κ2) is 5.73. The number of halogens is 3. The minimum Gasteiger partial charge on any atom is -0.323 e. The molecule has 1 aromatic heterocycles. The molecule has 0 bridgehead atoms. The van der Waals surface area contributed by atoms with E-state index in [1.165, 1.54) is 25.3 Å². The first-order valence-corrected chi connectivity index (χ1v) is 5.85. The van der Waals surface area contributed by atoms with Crippen molar-refractivity contribution in [3.63, 3.8) is 0 Å². The number of benzene rings is 1. The molecule has 0 spiro atoms. The average Bonchev–Trinajstić information content (AvgIpc) is 2.41. The molecule has 1 amide bonds. The topological polar surface area (TPSA) is 42.0 Å². The fraction of sp³-hybridized carbons (Fsp3) is 0.143. The van der Waals surface area contributed by atoms with Crippen LogP contribution in [0.3, 0.4) is 0 Å². The molecular formula is C14H11F3N2O. The fourth-order valence-electron chi connectivity index (χ4n) is 1.77. The first kappa shape index (κ1) is 14.0. The number of hydrogen-bond acceptors (Lipinski definition) is 2. The van der Waals surface area contributed by atoms with E-state index in [-0.39, 0.29) is 11.3 Å². The highest BCUT2D eigenvalue weighted by molar-refractivity contribution is 5.95. The van der Waals surface area contributed by atoms with Crippen LogP contribution in [0.1, 0.15) is 18.4 Å². The van der Waals surface area contributed by atoms with E-state index in [4.69, 9.17) is 0 Å². The number of carbonyl (C=O) groups is 1. The average molecular weight is 280 g/mol. The van der Waals surface area contributed by atoms with Gasteiger partial charge in [-0.15, -0.1) is 0 Å². The molecule has 0 saturated carbocycles. The van der Waals surface area contributed by atoms with Gasteiger partial charge in [0.15, 0.2) is 5.82 Å². The third-order valence-electron chi connectivity index (χ3n) is 2.86. The van der Waals surface area contributed by atoms with Gasteiger partial charge in [0, 0.05) is 11.8 Å². The molecule has 0 saturated heterocycles. The second-order valence-electron chi connectivity index (χ2n) is 4.20. The Morgan fingerprint density at radius 2 is 1.80 bits per heavy atom. The van der Waals surface area contributed by atoms with Gasteiger partial charge in [-0.2, -0.15) is 0 Å². The summed E-state index contributed by atoms with van der Waals surface area (Å²) in [4.78, 5) is 15.5. The number of nitrogens with one attached hydrogen (secondary N) is 1. The highest BCUT2D eigenvalue weighted by Crippen LogP contribution is 2.24. The van der Waals surface area contributed by atoms with Crippen LogP contribution in [0.4, 0.5) is 18.9 Å². The maximum atomic E-state index is 13.6. The second-order valence-corrected chi connectivity index (χ2v) is 4.20. The van der Waals surface area contributed by atoms with Gasteiger partial charge in [0.1, 0.15) is 11.6 Å². The quantitative estimate of drug-likeness (QED) is 0.937. The number of aromatic nitrogens is 1. The molecule has 0 unspecified atom stereocenters. The number of nitrogens with zero attached hydrogens (tertiary/aromatic N) is 1. The molecule has 1 atom stereocenters. The van der Waals surface area contributed by atoms with E-state index >= 15 is 0 Å². The Morgan fingerprint density at radius 1 is 1.15 bits per heavy atom. The van der Waals surface area contributed by atoms with Crippen LogP contribution in [0.2, 0.25) is 0 Å². The van der Waals surface area contributed by atoms with Gasteiger partial charge in [-0.25, -0.2) is 13.2 Å². The van der Waals surface area contributed by atoms with Gasteiger partial charge < -0.3 is 5.32 Å². The highest BCUT2D eigenvalue weighted by Gasteiger charge is 2.23. The van der Waals surface area contributed by atoms with Crippen molar-refractivity contribution >= 4 is 11.6 Å². The van der Waals surface area contributed by atoms with Crippen molar-refractivity contribution in [2.24, 2.45) is 0 Å². The van der Waals surface area contributed by atoms with Gasteiger partial charge in [-0.3, -0.25) is 9.78 Å². The van der Waals surface area contributed by atoms with E-state index in [9.17, 15) is 18.0 Å². The maximum Gasteiger partial charge on any atom is 0.231 e. The van der Waals surface area contributed by atoms with Gasteiger partial charge in [-0.1, -0.05) is 6.07 Å². The van der Waals surface area contributed by atoms with Crippen LogP contribution in [0.15, 0.2) is 36.7 Å². The van der Waals surface area contributed by atoms with Crippen molar-refractivity contribution in [2.75, 3.05) is 5.32 Å². The molecule has 3 nitrogen and oxygen atoms in total. The first-order chi connectivity index (χ1) is 9.50. The molecule has 0 fully saturated rings. The smallest absolute Gasteiger partial charge is 0.231 e. The number of amides is 1. The monoisotopic (exact) mass is 280 g/mol. The van der Waals surface area contributed by atoms with Gasteiger partial charge in [0.05, 0.1) is 17.8 Å². The van der Waals surface area contributed by atoms with E-state index in [1.54, 1.807) is 0 Å². The molecule has 0 radical (unpaired) electrons. The lowest BCUT2D eigenvalue weighted by atomic mass is 9.99. The van der Waals surface area contributed by atoms with Crippen molar-refractivity contribution in [3.05, 3.63) is 59.7 Å². The van der Waals surface area contributed by atoms with Gasteiger partial charge in [-0.05, 0) is 25.1 Å². The normalized spacial score (nSPS) is 12.0. The van der Waals surface area contributed by atoms with Crippen molar-refractivity contribution in [1.82, 2.24) is 4.98 Å². The molecule has 104 valence electrons. The van der Waals surface area contributed by atoms with E-state index in [2.05, 4.69) is 10.3 Å². The van der Waals surface area contributed by atoms with E-state index < -0.39 is 29.3 Å². The Morgan fingerprint density at radius 3 is 2.40 bits per heavy atom. The molecule has 0 aliphatic carbocycles. The number of pyridine rings is 1. The standard InChI is InChI=1S/C14H11F3N2O/c1-8(13-9(15)3-2-4-10(13)16)14(20)19-12-5-6-18-7-11(12)17/h2-8H,1H3,(H,18,19,20)/t8-/m0/s1. The summed E-state index contributed by atoms with van der Waals surface area (Å²) in [6.45, 7) is 1.34. The Labute approximate surface area is 113 Å². The first-order valence-electron chi connectivity index (χ1n) is 5.85. The van der Waals surface area contributed by atoms with Gasteiger partial charge in [0.25, 0.3) is 0 Å². The van der Waals surface area contributed by atoms with Crippen LogP contribution in [-0.4, -0.2) is 10.9 Å². The lowest BCUT2D eigenvalue weighted by Gasteiger charge is -2.14. The van der Waals surface area contributed by atoms with Crippen molar-refractivity contribution in [3.8, 4) is 0 Å². The van der Waals surface area contributed by atoms with Crippen molar-refractivity contribution in [1.29, 1.82) is 0 Å². The van der Waals surface area contributed by atoms with Crippen molar-refractivity contribution in [2.45, 2.75) is 12.8 Å². The zero-order valence-corrected chi connectivity index (χ0v) is 10.5. The molecule has 0 aliphatic heterocycles. The summed E-state index contributed by atoms with van der Waals surface area (Å²) in [5.41, 5.74) is -0.437. The van der Waals surface area contributed by atoms with E-state index in [1.807, 2.05) is 0 Å². The summed E-state index contributed by atoms with van der Waals surface area (Å²) >= 11 is 0. The van der Waals surface area contributed by atoms with Crippen LogP contribution in [0.5, 0.6) is 0 Å². The summed E-state index contributed by atoms with van der Waals surface area (Å²) < 4.78 is 40.5. The van der Waals surface area contributed by atoms with E-state index in [0.717, 1.165) is 18.3 Å². The van der Waals surface area contributed by atoms with Crippen LogP contribution >= 0.6 is 0 Å². The molecule has 0 aliphatic rings. The zero-order chi connectivity index (χ0) is 14.7. The van der Waals surface area contributed by atoms with Gasteiger partial charge in [0.2, 0.25) is 5.91 Å². The van der Waals surface area contributed by atoms with Crippen molar-refractivity contribution < 1.29 is 18.0 Å². The third kappa shape index (κ3) is 2.79. The molecule has 1 N–H and O–H groups in total. The highest BCUT2D eigenvalue weighted by atomic mass is 19.1. The Bertz CT molecular complexity index is 626. The number of hydrogen-bond donors (Lipinski definition) is 1. The molecule has 1 aromatic carbocycles. The summed E-state index contributed by atoms with van der Waals surface area (Å²) in [6.07, 6.45) is 2.23. The third-order valence-corrected chi connectivity index (χ3v) is 2.86. The predicted octanol–water partition coefficient (Wildman–Crippen LogP) is 3.24. The van der Waals surface area contributed by atoms with Crippen LogP contribution < -0.4 is 5.32 Å². The van der Waals surface area contributed by atoms with Crippen LogP contribution in [0, 0.1) is 17.5 Å². The fourth-order valence-corrected chi connectivity index (χ4v) is 1.77. The number of carbonyl (C=O) groups excluding carboxylic acids is 1. The molecular weight excluding hydrogens is 269 g/mol. The minimum absolute atomic E-state index is 0.0893. The molecule has 6 heteroatoms. The molecule has 2 rings (SSSR count). The molecule has 2 aromatic rings. The summed E-state index contributed by atoms with van der Waals surface area (Å²) in [5.74, 6) is -4.16. The lowest BCUT2D eigenvalue weighted by Crippen LogP contribution is -2.21.